The molecule has 120 valence electrons. The fraction of sp³-hybridized carbons (Fsp3) is 0.222. The standard InChI is InChI=1S/C18H18FNO3/c1-13(14-7-3-2-4-8-14)11-20-17(21)12-23-18(22)15-9-5-6-10-16(15)19/h2-10,13H,11-12H2,1H3,(H,20,21)/t13-/m0/s1. The summed E-state index contributed by atoms with van der Waals surface area (Å²) in [6, 6.07) is 15.2. The predicted octanol–water partition coefficient (Wildman–Crippen LogP) is 2.90. The Labute approximate surface area is 134 Å². The molecule has 0 radical (unpaired) electrons. The van der Waals surface area contributed by atoms with E-state index in [0.717, 1.165) is 11.6 Å². The maximum atomic E-state index is 13.4. The van der Waals surface area contributed by atoms with Gasteiger partial charge in [-0.25, -0.2) is 9.18 Å². The van der Waals surface area contributed by atoms with Gasteiger partial charge >= 0.3 is 5.97 Å². The molecule has 2 aromatic carbocycles. The monoisotopic (exact) mass is 315 g/mol. The highest BCUT2D eigenvalue weighted by Gasteiger charge is 2.14. The first-order chi connectivity index (χ1) is 11.1. The van der Waals surface area contributed by atoms with Gasteiger partial charge in [0, 0.05) is 6.54 Å². The minimum absolute atomic E-state index is 0.141. The van der Waals surface area contributed by atoms with Gasteiger partial charge in [-0.3, -0.25) is 4.79 Å². The Morgan fingerprint density at radius 2 is 1.74 bits per heavy atom. The molecule has 5 heteroatoms. The number of esters is 1. The van der Waals surface area contributed by atoms with Crippen LogP contribution in [0.15, 0.2) is 54.6 Å². The topological polar surface area (TPSA) is 55.4 Å². The molecule has 0 aliphatic rings. The second kappa shape index (κ2) is 8.08. The number of halogens is 1. The SMILES string of the molecule is C[C@@H](CNC(=O)COC(=O)c1ccccc1F)c1ccccc1. The van der Waals surface area contributed by atoms with E-state index in [9.17, 15) is 14.0 Å². The lowest BCUT2D eigenvalue weighted by molar-refractivity contribution is -0.124. The summed E-state index contributed by atoms with van der Waals surface area (Å²) in [7, 11) is 0. The number of benzene rings is 2. The van der Waals surface area contributed by atoms with Crippen molar-refractivity contribution in [2.24, 2.45) is 0 Å². The lowest BCUT2D eigenvalue weighted by atomic mass is 10.0. The molecule has 0 aliphatic carbocycles. The summed E-state index contributed by atoms with van der Waals surface area (Å²) in [5, 5.41) is 2.69. The summed E-state index contributed by atoms with van der Waals surface area (Å²) in [4.78, 5) is 23.4. The molecule has 2 aromatic rings. The van der Waals surface area contributed by atoms with E-state index in [1.807, 2.05) is 37.3 Å². The molecule has 0 spiro atoms. The highest BCUT2D eigenvalue weighted by Crippen LogP contribution is 2.13. The number of nitrogens with one attached hydrogen (secondary N) is 1. The number of hydrogen-bond acceptors (Lipinski definition) is 3. The van der Waals surface area contributed by atoms with Gasteiger partial charge in [-0.15, -0.1) is 0 Å². The third kappa shape index (κ3) is 4.92. The molecule has 4 nitrogen and oxygen atoms in total. The Morgan fingerprint density at radius 3 is 2.43 bits per heavy atom. The minimum Gasteiger partial charge on any atom is -0.452 e. The van der Waals surface area contributed by atoms with Crippen molar-refractivity contribution in [2.75, 3.05) is 13.2 Å². The predicted molar refractivity (Wildman–Crippen MR) is 84.5 cm³/mol. The quantitative estimate of drug-likeness (QED) is 0.834. The largest absolute Gasteiger partial charge is 0.452 e. The van der Waals surface area contributed by atoms with Crippen molar-refractivity contribution in [3.8, 4) is 0 Å². The van der Waals surface area contributed by atoms with Gasteiger partial charge in [0.15, 0.2) is 6.61 Å². The molecule has 1 N–H and O–H groups in total. The van der Waals surface area contributed by atoms with E-state index in [4.69, 9.17) is 4.74 Å². The van der Waals surface area contributed by atoms with Gasteiger partial charge in [0.1, 0.15) is 5.82 Å². The molecular formula is C18H18FNO3. The second-order valence-corrected chi connectivity index (χ2v) is 5.17. The molecule has 0 bridgehead atoms. The number of rotatable bonds is 6. The van der Waals surface area contributed by atoms with E-state index in [1.165, 1.54) is 18.2 Å². The first-order valence-electron chi connectivity index (χ1n) is 7.31. The Hall–Kier alpha value is -2.69. The zero-order valence-electron chi connectivity index (χ0n) is 12.8. The van der Waals surface area contributed by atoms with Crippen molar-refractivity contribution in [3.63, 3.8) is 0 Å². The zero-order valence-corrected chi connectivity index (χ0v) is 12.8. The van der Waals surface area contributed by atoms with E-state index in [1.54, 1.807) is 0 Å². The number of ether oxygens (including phenoxy) is 1. The molecular weight excluding hydrogens is 297 g/mol. The summed E-state index contributed by atoms with van der Waals surface area (Å²) in [5.41, 5.74) is 0.925. The van der Waals surface area contributed by atoms with Crippen LogP contribution in [0.25, 0.3) is 0 Å². The van der Waals surface area contributed by atoms with Gasteiger partial charge in [-0.05, 0) is 23.6 Å². The summed E-state index contributed by atoms with van der Waals surface area (Å²) >= 11 is 0. The minimum atomic E-state index is -0.852. The average molecular weight is 315 g/mol. The van der Waals surface area contributed by atoms with Crippen LogP contribution in [0.1, 0.15) is 28.8 Å². The van der Waals surface area contributed by atoms with Gasteiger partial charge in [0.05, 0.1) is 5.56 Å². The van der Waals surface area contributed by atoms with Gasteiger partial charge in [0.2, 0.25) is 0 Å². The molecule has 1 amide bonds. The average Bonchev–Trinajstić information content (AvgIpc) is 2.58. The van der Waals surface area contributed by atoms with Gasteiger partial charge < -0.3 is 10.1 Å². The van der Waals surface area contributed by atoms with Crippen LogP contribution < -0.4 is 5.32 Å². The normalized spacial score (nSPS) is 11.6. The van der Waals surface area contributed by atoms with Crippen LogP contribution >= 0.6 is 0 Å². The molecule has 0 saturated carbocycles. The first kappa shape index (κ1) is 16.7. The summed E-state index contributed by atoms with van der Waals surface area (Å²) in [5.74, 6) is -1.80. The van der Waals surface area contributed by atoms with Crippen LogP contribution in [0.2, 0.25) is 0 Å². The lowest BCUT2D eigenvalue weighted by Gasteiger charge is -2.13. The Kier molecular flexibility index (Phi) is 5.86. The third-order valence-corrected chi connectivity index (χ3v) is 3.40. The Bertz CT molecular complexity index is 673. The van der Waals surface area contributed by atoms with Crippen molar-refractivity contribution in [1.29, 1.82) is 0 Å². The van der Waals surface area contributed by atoms with Gasteiger partial charge in [-0.2, -0.15) is 0 Å². The molecule has 2 rings (SSSR count). The smallest absolute Gasteiger partial charge is 0.341 e. The zero-order chi connectivity index (χ0) is 16.7. The van der Waals surface area contributed by atoms with E-state index in [0.29, 0.717) is 6.54 Å². The number of carbonyl (C=O) groups is 2. The highest BCUT2D eigenvalue weighted by atomic mass is 19.1. The maximum absolute atomic E-state index is 13.4. The lowest BCUT2D eigenvalue weighted by Crippen LogP contribution is -2.31. The summed E-state index contributed by atoms with van der Waals surface area (Å²) in [6.07, 6.45) is 0. The third-order valence-electron chi connectivity index (χ3n) is 3.40. The maximum Gasteiger partial charge on any atom is 0.341 e. The number of hydrogen-bond donors (Lipinski definition) is 1. The van der Waals surface area contributed by atoms with E-state index < -0.39 is 24.3 Å². The Balaban J connectivity index is 1.77. The molecule has 23 heavy (non-hydrogen) atoms. The summed E-state index contributed by atoms with van der Waals surface area (Å²) < 4.78 is 18.2. The van der Waals surface area contributed by atoms with Crippen LogP contribution in [-0.2, 0) is 9.53 Å². The van der Waals surface area contributed by atoms with Crippen molar-refractivity contribution in [3.05, 3.63) is 71.5 Å². The second-order valence-electron chi connectivity index (χ2n) is 5.17. The highest BCUT2D eigenvalue weighted by molar-refractivity contribution is 5.91. The van der Waals surface area contributed by atoms with Crippen molar-refractivity contribution >= 4 is 11.9 Å². The van der Waals surface area contributed by atoms with Crippen molar-refractivity contribution in [1.82, 2.24) is 5.32 Å². The molecule has 0 aliphatic heterocycles. The first-order valence-corrected chi connectivity index (χ1v) is 7.31. The van der Waals surface area contributed by atoms with E-state index >= 15 is 0 Å². The van der Waals surface area contributed by atoms with Gasteiger partial charge in [-0.1, -0.05) is 49.4 Å². The molecule has 0 aromatic heterocycles. The fourth-order valence-electron chi connectivity index (χ4n) is 2.05. The van der Waals surface area contributed by atoms with Crippen molar-refractivity contribution < 1.29 is 18.7 Å². The Morgan fingerprint density at radius 1 is 1.09 bits per heavy atom. The molecule has 0 fully saturated rings. The van der Waals surface area contributed by atoms with Crippen LogP contribution in [-0.4, -0.2) is 25.0 Å². The van der Waals surface area contributed by atoms with Crippen LogP contribution in [0.4, 0.5) is 4.39 Å². The van der Waals surface area contributed by atoms with Crippen molar-refractivity contribution in [2.45, 2.75) is 12.8 Å². The molecule has 0 saturated heterocycles. The number of amides is 1. The summed E-state index contributed by atoms with van der Waals surface area (Å²) in [6.45, 7) is 1.98. The van der Waals surface area contributed by atoms with Crippen LogP contribution in [0.5, 0.6) is 0 Å². The molecule has 0 unspecified atom stereocenters. The van der Waals surface area contributed by atoms with E-state index in [2.05, 4.69) is 5.32 Å². The number of carbonyl (C=O) groups excluding carboxylic acids is 2. The van der Waals surface area contributed by atoms with E-state index in [-0.39, 0.29) is 11.5 Å². The fourth-order valence-corrected chi connectivity index (χ4v) is 2.05. The van der Waals surface area contributed by atoms with Crippen LogP contribution in [0, 0.1) is 5.82 Å². The molecule has 1 atom stereocenters. The molecule has 0 heterocycles. The van der Waals surface area contributed by atoms with Crippen LogP contribution in [0.3, 0.4) is 0 Å². The van der Waals surface area contributed by atoms with Gasteiger partial charge in [0.25, 0.3) is 5.91 Å².